The van der Waals surface area contributed by atoms with Gasteiger partial charge in [-0.3, -0.25) is 4.79 Å². The summed E-state index contributed by atoms with van der Waals surface area (Å²) < 4.78 is 22.2. The summed E-state index contributed by atoms with van der Waals surface area (Å²) in [5.41, 5.74) is 1.52. The summed E-state index contributed by atoms with van der Waals surface area (Å²) in [6.45, 7) is 1.42. The van der Waals surface area contributed by atoms with Crippen molar-refractivity contribution in [2.45, 2.75) is 44.6 Å². The molecule has 3 N–H and O–H groups in total. The first-order valence-corrected chi connectivity index (χ1v) is 11.5. The first-order valence-electron chi connectivity index (χ1n) is 10.6. The second-order valence-electron chi connectivity index (χ2n) is 7.93. The van der Waals surface area contributed by atoms with Crippen molar-refractivity contribution >= 4 is 28.2 Å². The fraction of sp³-hybridized carbons (Fsp3) is 0.455. The smallest absolute Gasteiger partial charge is 0.338 e. The quantitative estimate of drug-likeness (QED) is 0.603. The number of carbonyl (C=O) groups excluding carboxylic acids is 1. The van der Waals surface area contributed by atoms with Gasteiger partial charge in [0.15, 0.2) is 11.5 Å². The lowest BCUT2D eigenvalue weighted by atomic mass is 10.0. The molecule has 32 heavy (non-hydrogen) atoms. The summed E-state index contributed by atoms with van der Waals surface area (Å²) in [6, 6.07) is 5.02. The molecule has 0 radical (unpaired) electrons. The van der Waals surface area contributed by atoms with Gasteiger partial charge in [-0.25, -0.2) is 4.79 Å². The van der Waals surface area contributed by atoms with Crippen molar-refractivity contribution in [1.82, 2.24) is 5.32 Å². The van der Waals surface area contributed by atoms with E-state index in [1.54, 1.807) is 18.2 Å². The van der Waals surface area contributed by atoms with E-state index in [2.05, 4.69) is 10.6 Å². The largest absolute Gasteiger partial charge is 0.478 e. The number of hydrogen-bond acceptors (Lipinski definition) is 8. The number of thiophene rings is 1. The number of fused-ring (bicyclic) bond motifs is 2. The normalized spacial score (nSPS) is 21.6. The number of nitrogens with one attached hydrogen (secondary N) is 2. The maximum Gasteiger partial charge on any atom is 0.338 e. The second-order valence-corrected chi connectivity index (χ2v) is 9.03. The average Bonchev–Trinajstić information content (AvgIpc) is 3.41. The van der Waals surface area contributed by atoms with Crippen LogP contribution in [0.4, 0.5) is 5.00 Å². The molecule has 2 atom stereocenters. The number of hydrogen-bond donors (Lipinski definition) is 3. The van der Waals surface area contributed by atoms with Crippen LogP contribution in [0.15, 0.2) is 18.2 Å². The Balaban J connectivity index is 1.24. The summed E-state index contributed by atoms with van der Waals surface area (Å²) in [6.07, 6.45) is 2.87. The fourth-order valence-electron chi connectivity index (χ4n) is 4.13. The predicted molar refractivity (Wildman–Crippen MR) is 116 cm³/mol. The number of amides is 1. The van der Waals surface area contributed by atoms with Crippen LogP contribution in [0.25, 0.3) is 0 Å². The Kier molecular flexibility index (Phi) is 5.90. The van der Waals surface area contributed by atoms with Crippen molar-refractivity contribution < 1.29 is 33.6 Å². The predicted octanol–water partition coefficient (Wildman–Crippen LogP) is 2.98. The van der Waals surface area contributed by atoms with E-state index >= 15 is 0 Å². The van der Waals surface area contributed by atoms with Crippen molar-refractivity contribution in [3.63, 3.8) is 0 Å². The number of benzene rings is 1. The second kappa shape index (κ2) is 8.97. The molecule has 0 saturated carbocycles. The zero-order valence-corrected chi connectivity index (χ0v) is 18.2. The summed E-state index contributed by atoms with van der Waals surface area (Å²) in [5.74, 6) is -0.0573. The summed E-state index contributed by atoms with van der Waals surface area (Å²) in [5, 5.41) is 16.6. The van der Waals surface area contributed by atoms with Crippen molar-refractivity contribution in [2.24, 2.45) is 0 Å². The Morgan fingerprint density at radius 3 is 2.84 bits per heavy atom. The number of rotatable bonds is 6. The molecule has 1 saturated heterocycles. The Morgan fingerprint density at radius 1 is 1.16 bits per heavy atom. The topological polar surface area (TPSA) is 115 Å². The van der Waals surface area contributed by atoms with Gasteiger partial charge < -0.3 is 34.7 Å². The highest BCUT2D eigenvalue weighted by Crippen LogP contribution is 2.39. The lowest BCUT2D eigenvalue weighted by Gasteiger charge is -2.24. The number of carboxylic acid groups (broad SMARTS) is 1. The van der Waals surface area contributed by atoms with E-state index in [-0.39, 0.29) is 37.1 Å². The van der Waals surface area contributed by atoms with Gasteiger partial charge in [0.25, 0.3) is 5.91 Å². The third kappa shape index (κ3) is 4.25. The van der Waals surface area contributed by atoms with Crippen molar-refractivity contribution in [2.75, 3.05) is 25.3 Å². The molecule has 1 aromatic heterocycles. The number of carbonyl (C=O) groups is 2. The molecule has 3 aliphatic rings. The van der Waals surface area contributed by atoms with Gasteiger partial charge in [-0.05, 0) is 43.0 Å². The van der Waals surface area contributed by atoms with E-state index in [0.29, 0.717) is 41.7 Å². The van der Waals surface area contributed by atoms with Crippen LogP contribution in [0, 0.1) is 0 Å². The zero-order valence-electron chi connectivity index (χ0n) is 17.3. The third-order valence-electron chi connectivity index (χ3n) is 5.78. The average molecular weight is 461 g/mol. The van der Waals surface area contributed by atoms with Gasteiger partial charge in [0.05, 0.1) is 18.3 Å². The Labute approximate surface area is 188 Å². The first-order chi connectivity index (χ1) is 15.6. The maximum absolute atomic E-state index is 12.6. The monoisotopic (exact) mass is 460 g/mol. The molecule has 0 bridgehead atoms. The molecular weight excluding hydrogens is 436 g/mol. The summed E-state index contributed by atoms with van der Waals surface area (Å²) in [7, 11) is 0. The van der Waals surface area contributed by atoms with E-state index in [1.807, 2.05) is 0 Å². The molecular formula is C22H24N2O7S. The molecule has 1 fully saturated rings. The van der Waals surface area contributed by atoms with Crippen molar-refractivity contribution in [3.8, 4) is 11.5 Å². The molecule has 0 spiro atoms. The molecule has 1 amide bonds. The number of carboxylic acids is 1. The standard InChI is InChI=1S/C22H24N2O7S/c25-20(12-4-5-15-16(7-12)31-11-30-15)23-9-13-8-14-17(10-29-13)32-21(19(14)22(26)27)24-18-3-1-2-6-28-18/h4-5,7,13,18,24H,1-3,6,8-11H2,(H,23,25)(H,26,27). The minimum atomic E-state index is -0.967. The van der Waals surface area contributed by atoms with Gasteiger partial charge in [-0.15, -0.1) is 11.3 Å². The minimum absolute atomic E-state index is 0.148. The maximum atomic E-state index is 12.6. The molecule has 9 nitrogen and oxygen atoms in total. The highest BCUT2D eigenvalue weighted by Gasteiger charge is 2.31. The van der Waals surface area contributed by atoms with Crippen LogP contribution in [0.1, 0.15) is 50.4 Å². The molecule has 1 aromatic carbocycles. The lowest BCUT2D eigenvalue weighted by molar-refractivity contribution is 0.0300. The fourth-order valence-corrected chi connectivity index (χ4v) is 5.32. The molecule has 10 heteroatoms. The minimum Gasteiger partial charge on any atom is -0.478 e. The first kappa shape index (κ1) is 21.0. The van der Waals surface area contributed by atoms with Crippen molar-refractivity contribution in [1.29, 1.82) is 0 Å². The van der Waals surface area contributed by atoms with Gasteiger partial charge in [0, 0.05) is 30.0 Å². The highest BCUT2D eigenvalue weighted by atomic mass is 32.1. The lowest BCUT2D eigenvalue weighted by Crippen LogP contribution is -2.36. The van der Waals surface area contributed by atoms with Crippen LogP contribution in [0.3, 0.4) is 0 Å². The van der Waals surface area contributed by atoms with E-state index < -0.39 is 5.97 Å². The molecule has 3 aliphatic heterocycles. The van der Waals surface area contributed by atoms with E-state index in [9.17, 15) is 14.7 Å². The Bertz CT molecular complexity index is 1030. The van der Waals surface area contributed by atoms with Crippen LogP contribution < -0.4 is 20.1 Å². The highest BCUT2D eigenvalue weighted by molar-refractivity contribution is 7.16. The van der Waals surface area contributed by atoms with Gasteiger partial charge in [0.2, 0.25) is 6.79 Å². The van der Waals surface area contributed by atoms with Crippen LogP contribution in [-0.4, -0.2) is 49.3 Å². The van der Waals surface area contributed by atoms with Gasteiger partial charge in [0.1, 0.15) is 11.2 Å². The van der Waals surface area contributed by atoms with E-state index in [0.717, 1.165) is 29.7 Å². The van der Waals surface area contributed by atoms with Gasteiger partial charge in [-0.1, -0.05) is 0 Å². The Morgan fingerprint density at radius 2 is 2.03 bits per heavy atom. The van der Waals surface area contributed by atoms with Gasteiger partial charge in [-0.2, -0.15) is 0 Å². The molecule has 5 rings (SSSR count). The number of aromatic carboxylic acids is 1. The summed E-state index contributed by atoms with van der Waals surface area (Å²) >= 11 is 1.41. The van der Waals surface area contributed by atoms with Crippen LogP contribution in [-0.2, 0) is 22.5 Å². The molecule has 170 valence electrons. The van der Waals surface area contributed by atoms with Crippen LogP contribution in [0.5, 0.6) is 11.5 Å². The Hall–Kier alpha value is -2.82. The van der Waals surface area contributed by atoms with E-state index in [1.165, 1.54) is 11.3 Å². The van der Waals surface area contributed by atoms with Crippen LogP contribution >= 0.6 is 11.3 Å². The molecule has 2 unspecified atom stereocenters. The summed E-state index contributed by atoms with van der Waals surface area (Å²) in [4.78, 5) is 25.5. The van der Waals surface area contributed by atoms with E-state index in [4.69, 9.17) is 18.9 Å². The molecule has 2 aromatic rings. The number of ether oxygens (including phenoxy) is 4. The van der Waals surface area contributed by atoms with Crippen molar-refractivity contribution in [3.05, 3.63) is 39.8 Å². The van der Waals surface area contributed by atoms with Gasteiger partial charge >= 0.3 is 5.97 Å². The molecule has 0 aliphatic carbocycles. The third-order valence-corrected chi connectivity index (χ3v) is 6.92. The zero-order chi connectivity index (χ0) is 22.1. The number of anilines is 1. The molecule has 4 heterocycles. The van der Waals surface area contributed by atoms with Crippen LogP contribution in [0.2, 0.25) is 0 Å². The SMILES string of the molecule is O=C(NCC1Cc2c(sc(NC3CCCCO3)c2C(=O)O)CO1)c1ccc2c(c1)OCO2.